The second-order valence-electron chi connectivity index (χ2n) is 3.99. The Kier molecular flexibility index (Phi) is 2.60. The van der Waals surface area contributed by atoms with E-state index in [0.29, 0.717) is 19.3 Å². The summed E-state index contributed by atoms with van der Waals surface area (Å²) in [6, 6.07) is 0.513. The van der Waals surface area contributed by atoms with Gasteiger partial charge >= 0.3 is 6.09 Å². The number of hydrogen-bond acceptors (Lipinski definition) is 3. The number of amides is 1. The van der Waals surface area contributed by atoms with Crippen molar-refractivity contribution >= 4 is 6.09 Å². The van der Waals surface area contributed by atoms with Gasteiger partial charge in [-0.05, 0) is 19.9 Å². The molecule has 0 radical (unpaired) electrons. The van der Waals surface area contributed by atoms with E-state index in [4.69, 9.17) is 9.84 Å². The number of nitrogens with zero attached hydrogens (tertiary/aromatic N) is 1. The average molecular weight is 200 g/mol. The summed E-state index contributed by atoms with van der Waals surface area (Å²) in [4.78, 5) is 12.6. The molecule has 2 bridgehead atoms. The zero-order valence-electron chi connectivity index (χ0n) is 8.27. The maximum absolute atomic E-state index is 11.0. The smallest absolute Gasteiger partial charge is 0.407 e. The SMILES string of the molecule is CNC1C[C@H]2COC[C@@H](C1)N2C(=O)O. The van der Waals surface area contributed by atoms with Crippen molar-refractivity contribution < 1.29 is 14.6 Å². The van der Waals surface area contributed by atoms with Gasteiger partial charge in [-0.2, -0.15) is 0 Å². The molecule has 0 saturated carbocycles. The summed E-state index contributed by atoms with van der Waals surface area (Å²) in [7, 11) is 1.93. The van der Waals surface area contributed by atoms with E-state index in [1.54, 1.807) is 4.90 Å². The molecule has 5 nitrogen and oxygen atoms in total. The number of nitrogens with one attached hydrogen (secondary N) is 1. The van der Waals surface area contributed by atoms with Gasteiger partial charge in [-0.1, -0.05) is 0 Å². The molecular formula is C9H16N2O3. The zero-order valence-corrected chi connectivity index (χ0v) is 8.27. The molecule has 0 aromatic rings. The molecule has 2 N–H and O–H groups in total. The Labute approximate surface area is 83.0 Å². The molecule has 0 spiro atoms. The maximum Gasteiger partial charge on any atom is 0.407 e. The maximum atomic E-state index is 11.0. The lowest BCUT2D eigenvalue weighted by atomic mass is 9.90. The Balaban J connectivity index is 2.11. The fourth-order valence-electron chi connectivity index (χ4n) is 2.46. The predicted molar refractivity (Wildman–Crippen MR) is 50.3 cm³/mol. The molecular weight excluding hydrogens is 184 g/mol. The van der Waals surface area contributed by atoms with Crippen LogP contribution in [0, 0.1) is 0 Å². The molecule has 2 aliphatic rings. The molecule has 1 unspecified atom stereocenters. The van der Waals surface area contributed by atoms with Gasteiger partial charge in [0, 0.05) is 6.04 Å². The molecule has 2 rings (SSSR count). The fourth-order valence-corrected chi connectivity index (χ4v) is 2.46. The summed E-state index contributed by atoms with van der Waals surface area (Å²) >= 11 is 0. The lowest BCUT2D eigenvalue weighted by Crippen LogP contribution is -2.61. The second kappa shape index (κ2) is 3.74. The molecule has 2 aliphatic heterocycles. The van der Waals surface area contributed by atoms with E-state index in [0.717, 1.165) is 12.8 Å². The van der Waals surface area contributed by atoms with Gasteiger partial charge in [0.15, 0.2) is 0 Å². The number of hydrogen-bond donors (Lipinski definition) is 2. The van der Waals surface area contributed by atoms with E-state index in [2.05, 4.69) is 5.32 Å². The Hall–Kier alpha value is -0.810. The lowest BCUT2D eigenvalue weighted by Gasteiger charge is -2.46. The van der Waals surface area contributed by atoms with Gasteiger partial charge in [0.25, 0.3) is 0 Å². The summed E-state index contributed by atoms with van der Waals surface area (Å²) in [5.41, 5.74) is 0. The highest BCUT2D eigenvalue weighted by molar-refractivity contribution is 5.66. The Morgan fingerprint density at radius 1 is 1.43 bits per heavy atom. The molecule has 2 saturated heterocycles. The van der Waals surface area contributed by atoms with Gasteiger partial charge in [-0.3, -0.25) is 4.90 Å². The number of piperidine rings is 1. The summed E-state index contributed by atoms with van der Waals surface area (Å²) in [5, 5.41) is 12.3. The van der Waals surface area contributed by atoms with Crippen molar-refractivity contribution in [1.82, 2.24) is 10.2 Å². The normalized spacial score (nSPS) is 36.9. The van der Waals surface area contributed by atoms with Gasteiger partial charge in [0.2, 0.25) is 0 Å². The van der Waals surface area contributed by atoms with Crippen molar-refractivity contribution in [2.24, 2.45) is 0 Å². The first-order valence-corrected chi connectivity index (χ1v) is 4.98. The van der Waals surface area contributed by atoms with Crippen LogP contribution in [0.15, 0.2) is 0 Å². The third kappa shape index (κ3) is 1.57. The zero-order chi connectivity index (χ0) is 10.1. The third-order valence-electron chi connectivity index (χ3n) is 3.15. The summed E-state index contributed by atoms with van der Waals surface area (Å²) in [6.07, 6.45) is 0.913. The summed E-state index contributed by atoms with van der Waals surface area (Å²) < 4.78 is 5.38. The van der Waals surface area contributed by atoms with Crippen LogP contribution in [-0.4, -0.2) is 54.5 Å². The molecule has 2 fully saturated rings. The monoisotopic (exact) mass is 200 g/mol. The largest absolute Gasteiger partial charge is 0.465 e. The molecule has 3 atom stereocenters. The standard InChI is InChI=1S/C9H16N2O3/c1-10-6-2-7-4-14-5-8(3-6)11(7)9(12)13/h6-8,10H,2-5H2,1H3,(H,12,13)/t6?,7-,8+. The predicted octanol–water partition coefficient (Wildman–Crippen LogP) is 0.116. The van der Waals surface area contributed by atoms with Crippen LogP contribution in [0.2, 0.25) is 0 Å². The van der Waals surface area contributed by atoms with Crippen LogP contribution < -0.4 is 5.32 Å². The van der Waals surface area contributed by atoms with Crippen molar-refractivity contribution in [1.29, 1.82) is 0 Å². The van der Waals surface area contributed by atoms with Crippen LogP contribution in [0.1, 0.15) is 12.8 Å². The molecule has 2 heterocycles. The molecule has 0 aliphatic carbocycles. The van der Waals surface area contributed by atoms with Gasteiger partial charge < -0.3 is 15.2 Å². The van der Waals surface area contributed by atoms with E-state index >= 15 is 0 Å². The quantitative estimate of drug-likeness (QED) is 0.631. The van der Waals surface area contributed by atoms with Crippen LogP contribution in [0.4, 0.5) is 4.79 Å². The second-order valence-corrected chi connectivity index (χ2v) is 3.99. The van der Waals surface area contributed by atoms with Crippen LogP contribution in [0.25, 0.3) is 0 Å². The number of ether oxygens (including phenoxy) is 1. The van der Waals surface area contributed by atoms with Gasteiger partial charge in [-0.25, -0.2) is 4.79 Å². The summed E-state index contributed by atoms with van der Waals surface area (Å²) in [6.45, 7) is 1.09. The molecule has 80 valence electrons. The Morgan fingerprint density at radius 3 is 2.43 bits per heavy atom. The topological polar surface area (TPSA) is 61.8 Å². The van der Waals surface area contributed by atoms with Crippen molar-refractivity contribution in [2.75, 3.05) is 20.3 Å². The first kappa shape index (κ1) is 9.73. The number of rotatable bonds is 1. The number of fused-ring (bicyclic) bond motifs is 2. The first-order chi connectivity index (χ1) is 6.72. The van der Waals surface area contributed by atoms with E-state index in [1.165, 1.54) is 0 Å². The number of carboxylic acid groups (broad SMARTS) is 1. The molecule has 5 heteroatoms. The highest BCUT2D eigenvalue weighted by Gasteiger charge is 2.41. The minimum Gasteiger partial charge on any atom is -0.465 e. The van der Waals surface area contributed by atoms with Gasteiger partial charge in [0.05, 0.1) is 25.3 Å². The van der Waals surface area contributed by atoms with Gasteiger partial charge in [0.1, 0.15) is 0 Å². The van der Waals surface area contributed by atoms with Crippen molar-refractivity contribution in [3.63, 3.8) is 0 Å². The van der Waals surface area contributed by atoms with E-state index in [1.807, 2.05) is 7.05 Å². The number of morpholine rings is 1. The van der Waals surface area contributed by atoms with Crippen LogP contribution in [0.5, 0.6) is 0 Å². The van der Waals surface area contributed by atoms with Crippen molar-refractivity contribution in [3.05, 3.63) is 0 Å². The highest BCUT2D eigenvalue weighted by Crippen LogP contribution is 2.27. The van der Waals surface area contributed by atoms with Crippen LogP contribution in [-0.2, 0) is 4.74 Å². The fraction of sp³-hybridized carbons (Fsp3) is 0.889. The first-order valence-electron chi connectivity index (χ1n) is 4.98. The average Bonchev–Trinajstić information content (AvgIpc) is 2.15. The Bertz CT molecular complexity index is 220. The minimum atomic E-state index is -0.808. The van der Waals surface area contributed by atoms with Crippen LogP contribution in [0.3, 0.4) is 0 Å². The van der Waals surface area contributed by atoms with Crippen molar-refractivity contribution in [2.45, 2.75) is 31.0 Å². The van der Waals surface area contributed by atoms with Gasteiger partial charge in [-0.15, -0.1) is 0 Å². The summed E-state index contributed by atoms with van der Waals surface area (Å²) in [5.74, 6) is 0. The molecule has 0 aromatic heterocycles. The van der Waals surface area contributed by atoms with Crippen molar-refractivity contribution in [3.8, 4) is 0 Å². The third-order valence-corrected chi connectivity index (χ3v) is 3.15. The van der Waals surface area contributed by atoms with Crippen LogP contribution >= 0.6 is 0 Å². The molecule has 0 aromatic carbocycles. The molecule has 14 heavy (non-hydrogen) atoms. The Morgan fingerprint density at radius 2 is 2.00 bits per heavy atom. The number of carbonyl (C=O) groups is 1. The van der Waals surface area contributed by atoms with E-state index < -0.39 is 6.09 Å². The van der Waals surface area contributed by atoms with E-state index in [9.17, 15) is 4.79 Å². The highest BCUT2D eigenvalue weighted by atomic mass is 16.5. The molecule has 1 amide bonds. The minimum absolute atomic E-state index is 0.0393. The lowest BCUT2D eigenvalue weighted by molar-refractivity contribution is -0.0663. The van der Waals surface area contributed by atoms with E-state index in [-0.39, 0.29) is 12.1 Å².